The molecule has 0 bridgehead atoms. The number of nitrogens with one attached hydrogen (secondary N) is 2. The van der Waals surface area contributed by atoms with Gasteiger partial charge in [-0.2, -0.15) is 0 Å². The molecule has 0 unspecified atom stereocenters. The van der Waals surface area contributed by atoms with Crippen LogP contribution >= 0.6 is 0 Å². The Balaban J connectivity index is 1.52. The molecule has 1 atom stereocenters. The number of carbonyl (C=O) groups excluding carboxylic acids is 1. The summed E-state index contributed by atoms with van der Waals surface area (Å²) in [6.07, 6.45) is 1.91. The van der Waals surface area contributed by atoms with Gasteiger partial charge in [-0.15, -0.1) is 0 Å². The number of aromatic amines is 1. The Labute approximate surface area is 139 Å². The zero-order chi connectivity index (χ0) is 16.5. The van der Waals surface area contributed by atoms with Crippen molar-refractivity contribution in [3.63, 3.8) is 0 Å². The van der Waals surface area contributed by atoms with Crippen molar-refractivity contribution in [2.24, 2.45) is 0 Å². The first-order valence-electron chi connectivity index (χ1n) is 7.98. The molecule has 0 aliphatic carbocycles. The second-order valence-electron chi connectivity index (χ2n) is 5.88. The van der Waals surface area contributed by atoms with Crippen molar-refractivity contribution < 1.29 is 14.3 Å². The fraction of sp³-hybridized carbons (Fsp3) is 0.211. The third-order valence-corrected chi connectivity index (χ3v) is 4.23. The van der Waals surface area contributed by atoms with Crippen LogP contribution in [0.3, 0.4) is 0 Å². The number of benzene rings is 2. The summed E-state index contributed by atoms with van der Waals surface area (Å²) in [6, 6.07) is 13.3. The average molecular weight is 322 g/mol. The molecule has 2 aromatic carbocycles. The fourth-order valence-corrected chi connectivity index (χ4v) is 2.89. The van der Waals surface area contributed by atoms with Gasteiger partial charge in [0.2, 0.25) is 0 Å². The molecular formula is C19H18N2O3. The lowest BCUT2D eigenvalue weighted by Crippen LogP contribution is -2.27. The number of amides is 1. The van der Waals surface area contributed by atoms with E-state index in [0.29, 0.717) is 30.3 Å². The van der Waals surface area contributed by atoms with Crippen LogP contribution in [0.5, 0.6) is 11.5 Å². The zero-order valence-electron chi connectivity index (χ0n) is 13.3. The third-order valence-electron chi connectivity index (χ3n) is 4.23. The molecule has 0 saturated heterocycles. The first-order valence-corrected chi connectivity index (χ1v) is 7.98. The fourth-order valence-electron chi connectivity index (χ4n) is 2.89. The first-order chi connectivity index (χ1) is 11.7. The van der Waals surface area contributed by atoms with Crippen LogP contribution in [0.15, 0.2) is 48.7 Å². The van der Waals surface area contributed by atoms with E-state index < -0.39 is 0 Å². The van der Waals surface area contributed by atoms with Crippen molar-refractivity contribution in [3.8, 4) is 11.5 Å². The summed E-state index contributed by atoms with van der Waals surface area (Å²) in [4.78, 5) is 15.7. The van der Waals surface area contributed by atoms with Gasteiger partial charge in [0.25, 0.3) is 5.91 Å². The Morgan fingerprint density at radius 3 is 2.79 bits per heavy atom. The van der Waals surface area contributed by atoms with Crippen molar-refractivity contribution in [2.45, 2.75) is 13.0 Å². The molecule has 1 aromatic heterocycles. The predicted octanol–water partition coefficient (Wildman–Crippen LogP) is 3.43. The van der Waals surface area contributed by atoms with Gasteiger partial charge < -0.3 is 19.8 Å². The van der Waals surface area contributed by atoms with Gasteiger partial charge in [-0.05, 0) is 54.3 Å². The van der Waals surface area contributed by atoms with Crippen LogP contribution in [-0.4, -0.2) is 24.1 Å². The van der Waals surface area contributed by atoms with Gasteiger partial charge >= 0.3 is 0 Å². The van der Waals surface area contributed by atoms with Crippen molar-refractivity contribution in [2.75, 3.05) is 13.2 Å². The smallest absolute Gasteiger partial charge is 0.251 e. The Bertz CT molecular complexity index is 901. The van der Waals surface area contributed by atoms with Gasteiger partial charge in [-0.3, -0.25) is 4.79 Å². The minimum atomic E-state index is -0.131. The molecule has 0 saturated carbocycles. The molecule has 0 spiro atoms. The van der Waals surface area contributed by atoms with Gasteiger partial charge in [0.1, 0.15) is 13.2 Å². The van der Waals surface area contributed by atoms with Gasteiger partial charge in [-0.1, -0.05) is 6.07 Å². The number of hydrogen-bond donors (Lipinski definition) is 2. The Morgan fingerprint density at radius 2 is 1.92 bits per heavy atom. The molecule has 3 aromatic rings. The topological polar surface area (TPSA) is 63.4 Å². The number of hydrogen-bond acceptors (Lipinski definition) is 3. The van der Waals surface area contributed by atoms with E-state index in [1.54, 1.807) is 18.2 Å². The maximum Gasteiger partial charge on any atom is 0.251 e. The largest absolute Gasteiger partial charge is 0.486 e. The molecule has 2 N–H and O–H groups in total. The maximum absolute atomic E-state index is 12.5. The van der Waals surface area contributed by atoms with Gasteiger partial charge in [0, 0.05) is 17.3 Å². The molecule has 122 valence electrons. The second kappa shape index (κ2) is 5.92. The monoisotopic (exact) mass is 322 g/mol. The Morgan fingerprint density at radius 1 is 1.08 bits per heavy atom. The molecule has 4 rings (SSSR count). The van der Waals surface area contributed by atoms with Crippen LogP contribution in [0.25, 0.3) is 10.9 Å². The van der Waals surface area contributed by atoms with Gasteiger partial charge in [0.15, 0.2) is 11.5 Å². The number of carbonyl (C=O) groups is 1. The second-order valence-corrected chi connectivity index (χ2v) is 5.88. The highest BCUT2D eigenvalue weighted by atomic mass is 16.6. The van der Waals surface area contributed by atoms with Crippen molar-refractivity contribution in [1.29, 1.82) is 0 Å². The van der Waals surface area contributed by atoms with E-state index in [4.69, 9.17) is 9.47 Å². The number of ether oxygens (including phenoxy) is 2. The van der Waals surface area contributed by atoms with E-state index in [1.807, 2.05) is 31.3 Å². The van der Waals surface area contributed by atoms with E-state index in [2.05, 4.69) is 16.4 Å². The van der Waals surface area contributed by atoms with E-state index >= 15 is 0 Å². The summed E-state index contributed by atoms with van der Waals surface area (Å²) in [7, 11) is 0. The first kappa shape index (κ1) is 14.6. The van der Waals surface area contributed by atoms with E-state index in [1.165, 1.54) is 0 Å². The van der Waals surface area contributed by atoms with Crippen LogP contribution in [-0.2, 0) is 0 Å². The van der Waals surface area contributed by atoms with Crippen molar-refractivity contribution in [3.05, 3.63) is 59.8 Å². The molecular weight excluding hydrogens is 304 g/mol. The van der Waals surface area contributed by atoms with Crippen molar-refractivity contribution in [1.82, 2.24) is 10.3 Å². The lowest BCUT2D eigenvalue weighted by molar-refractivity contribution is 0.0938. The summed E-state index contributed by atoms with van der Waals surface area (Å²) in [5, 5.41) is 4.16. The van der Waals surface area contributed by atoms with Crippen LogP contribution in [0.1, 0.15) is 28.9 Å². The lowest BCUT2D eigenvalue weighted by Gasteiger charge is -2.19. The normalized spacial score (nSPS) is 14.4. The predicted molar refractivity (Wildman–Crippen MR) is 91.6 cm³/mol. The lowest BCUT2D eigenvalue weighted by atomic mass is 10.1. The molecule has 2 heterocycles. The average Bonchev–Trinajstić information content (AvgIpc) is 3.08. The molecule has 24 heavy (non-hydrogen) atoms. The number of aromatic nitrogens is 1. The summed E-state index contributed by atoms with van der Waals surface area (Å²) in [6.45, 7) is 3.02. The van der Waals surface area contributed by atoms with Crippen LogP contribution in [0, 0.1) is 0 Å². The van der Waals surface area contributed by atoms with Crippen molar-refractivity contribution >= 4 is 16.8 Å². The van der Waals surface area contributed by atoms with Crippen LogP contribution < -0.4 is 14.8 Å². The quantitative estimate of drug-likeness (QED) is 0.776. The third kappa shape index (κ3) is 2.69. The number of rotatable bonds is 3. The molecule has 5 heteroatoms. The van der Waals surface area contributed by atoms with Gasteiger partial charge in [0.05, 0.1) is 6.04 Å². The zero-order valence-corrected chi connectivity index (χ0v) is 13.3. The highest BCUT2D eigenvalue weighted by Gasteiger charge is 2.17. The SMILES string of the molecule is C[C@H](NC(=O)c1ccc2c(c1)OCCO2)c1ccc2[nH]ccc2c1. The van der Waals surface area contributed by atoms with E-state index in [9.17, 15) is 4.79 Å². The number of H-pyrrole nitrogens is 1. The molecule has 1 amide bonds. The molecule has 5 nitrogen and oxygen atoms in total. The van der Waals surface area contributed by atoms with E-state index in [0.717, 1.165) is 16.5 Å². The van der Waals surface area contributed by atoms with Crippen LogP contribution in [0.4, 0.5) is 0 Å². The highest BCUT2D eigenvalue weighted by Crippen LogP contribution is 2.31. The number of fused-ring (bicyclic) bond motifs is 2. The minimum absolute atomic E-state index is 0.0926. The maximum atomic E-state index is 12.5. The summed E-state index contributed by atoms with van der Waals surface area (Å²) < 4.78 is 11.0. The molecule has 0 fully saturated rings. The summed E-state index contributed by atoms with van der Waals surface area (Å²) >= 11 is 0. The minimum Gasteiger partial charge on any atom is -0.486 e. The summed E-state index contributed by atoms with van der Waals surface area (Å²) in [5.41, 5.74) is 2.71. The van der Waals surface area contributed by atoms with Crippen LogP contribution in [0.2, 0.25) is 0 Å². The molecule has 1 aliphatic rings. The standard InChI is InChI=1S/C19H18N2O3/c1-12(13-2-4-16-14(10-13)6-7-20-16)21-19(22)15-3-5-17-18(11-15)24-9-8-23-17/h2-7,10-12,20H,8-9H2,1H3,(H,21,22)/t12-/m0/s1. The molecule has 1 aliphatic heterocycles. The Kier molecular flexibility index (Phi) is 3.61. The summed E-state index contributed by atoms with van der Waals surface area (Å²) in [5.74, 6) is 1.17. The van der Waals surface area contributed by atoms with Gasteiger partial charge in [-0.25, -0.2) is 0 Å². The highest BCUT2D eigenvalue weighted by molar-refractivity contribution is 5.95. The Hall–Kier alpha value is -2.95. The van der Waals surface area contributed by atoms with E-state index in [-0.39, 0.29) is 11.9 Å². The molecule has 0 radical (unpaired) electrons.